The minimum absolute atomic E-state index is 0.0266. The summed E-state index contributed by atoms with van der Waals surface area (Å²) in [4.78, 5) is 14.7. The second kappa shape index (κ2) is 6.59. The Hall–Kier alpha value is -2.49. The topological polar surface area (TPSA) is 38.8 Å². The summed E-state index contributed by atoms with van der Waals surface area (Å²) >= 11 is 0. The van der Waals surface area contributed by atoms with E-state index in [9.17, 15) is 4.79 Å². The summed E-state index contributed by atoms with van der Waals surface area (Å²) in [5.74, 6) is 1.95. The molecule has 2 aromatic rings. The molecule has 0 aromatic heterocycles. The van der Waals surface area contributed by atoms with Gasteiger partial charge in [-0.15, -0.1) is 0 Å². The fourth-order valence-corrected chi connectivity index (χ4v) is 3.89. The van der Waals surface area contributed by atoms with Crippen molar-refractivity contribution in [1.29, 1.82) is 0 Å². The van der Waals surface area contributed by atoms with E-state index >= 15 is 0 Å². The van der Waals surface area contributed by atoms with Crippen LogP contribution in [-0.2, 0) is 24.8 Å². The Morgan fingerprint density at radius 2 is 1.78 bits per heavy atom. The van der Waals surface area contributed by atoms with Gasteiger partial charge in [0.1, 0.15) is 11.5 Å². The van der Waals surface area contributed by atoms with Crippen LogP contribution in [0.25, 0.3) is 0 Å². The predicted molar refractivity (Wildman–Crippen MR) is 106 cm³/mol. The molecule has 2 aliphatic heterocycles. The first kappa shape index (κ1) is 17.9. The molecule has 4 nitrogen and oxygen atoms in total. The molecule has 0 aliphatic carbocycles. The maximum Gasteiger partial charge on any atom is 0.253 e. The lowest BCUT2D eigenvalue weighted by molar-refractivity contribution is 0.0784. The predicted octanol–water partition coefficient (Wildman–Crippen LogP) is 4.13. The fraction of sp³-hybridized carbons (Fsp3) is 0.435. The van der Waals surface area contributed by atoms with Crippen LogP contribution in [0.4, 0.5) is 0 Å². The van der Waals surface area contributed by atoms with Gasteiger partial charge >= 0.3 is 0 Å². The summed E-state index contributed by atoms with van der Waals surface area (Å²) in [5, 5.41) is 0. The molecule has 0 spiro atoms. The van der Waals surface area contributed by atoms with Crippen LogP contribution in [0.15, 0.2) is 30.3 Å². The molecule has 0 fully saturated rings. The van der Waals surface area contributed by atoms with Crippen LogP contribution < -0.4 is 9.47 Å². The third-order valence-corrected chi connectivity index (χ3v) is 5.50. The Morgan fingerprint density at radius 3 is 2.48 bits per heavy atom. The van der Waals surface area contributed by atoms with Crippen LogP contribution in [0.1, 0.15) is 53.4 Å². The number of fused-ring (bicyclic) bond motifs is 2. The van der Waals surface area contributed by atoms with E-state index in [1.807, 2.05) is 19.2 Å². The van der Waals surface area contributed by atoms with Gasteiger partial charge in [-0.05, 0) is 29.2 Å². The highest BCUT2D eigenvalue weighted by molar-refractivity contribution is 5.94. The number of ether oxygens (including phenoxy) is 2. The summed E-state index contributed by atoms with van der Waals surface area (Å²) in [7, 11) is 1.86. The van der Waals surface area contributed by atoms with Gasteiger partial charge in [-0.25, -0.2) is 0 Å². The molecule has 0 radical (unpaired) electrons. The Morgan fingerprint density at radius 1 is 1.07 bits per heavy atom. The van der Waals surface area contributed by atoms with Gasteiger partial charge in [0.25, 0.3) is 5.91 Å². The molecule has 2 heterocycles. The second-order valence-corrected chi connectivity index (χ2v) is 8.51. The second-order valence-electron chi connectivity index (χ2n) is 8.51. The summed E-state index contributed by atoms with van der Waals surface area (Å²) in [5.41, 5.74) is 5.52. The van der Waals surface area contributed by atoms with E-state index < -0.39 is 0 Å². The molecule has 0 N–H and O–H groups in total. The molecule has 2 aliphatic rings. The first-order valence-electron chi connectivity index (χ1n) is 9.64. The van der Waals surface area contributed by atoms with Gasteiger partial charge in [0.15, 0.2) is 0 Å². The molecule has 1 amide bonds. The van der Waals surface area contributed by atoms with E-state index in [-0.39, 0.29) is 11.3 Å². The lowest BCUT2D eigenvalue weighted by atomic mass is 9.86. The van der Waals surface area contributed by atoms with Crippen molar-refractivity contribution in [2.75, 3.05) is 20.3 Å². The zero-order chi connectivity index (χ0) is 19.2. The van der Waals surface area contributed by atoms with Crippen LogP contribution in [0.2, 0.25) is 0 Å². The molecule has 4 rings (SSSR count). The van der Waals surface area contributed by atoms with Crippen molar-refractivity contribution in [3.63, 3.8) is 0 Å². The zero-order valence-corrected chi connectivity index (χ0v) is 16.6. The maximum atomic E-state index is 13.0. The fourth-order valence-electron chi connectivity index (χ4n) is 3.89. The molecular weight excluding hydrogens is 338 g/mol. The summed E-state index contributed by atoms with van der Waals surface area (Å²) in [6, 6.07) is 10.1. The van der Waals surface area contributed by atoms with Crippen molar-refractivity contribution < 1.29 is 14.3 Å². The maximum absolute atomic E-state index is 13.0. The zero-order valence-electron chi connectivity index (χ0n) is 16.6. The van der Waals surface area contributed by atoms with E-state index in [4.69, 9.17) is 9.47 Å². The van der Waals surface area contributed by atoms with E-state index in [0.717, 1.165) is 29.9 Å². The lowest BCUT2D eigenvalue weighted by Crippen LogP contribution is -2.27. The Labute approximate surface area is 161 Å². The molecule has 2 aromatic carbocycles. The number of rotatable bonds is 3. The van der Waals surface area contributed by atoms with Gasteiger partial charge in [0.05, 0.1) is 13.2 Å². The number of amides is 1. The normalized spacial score (nSPS) is 15.0. The first-order valence-corrected chi connectivity index (χ1v) is 9.64. The van der Waals surface area contributed by atoms with E-state index in [0.29, 0.717) is 25.3 Å². The minimum atomic E-state index is 0.0266. The Bertz CT molecular complexity index is 846. The minimum Gasteiger partial charge on any atom is -0.493 e. The highest BCUT2D eigenvalue weighted by atomic mass is 16.5. The summed E-state index contributed by atoms with van der Waals surface area (Å²) in [6.45, 7) is 8.47. The van der Waals surface area contributed by atoms with Gasteiger partial charge < -0.3 is 14.4 Å². The number of nitrogens with zero attached hydrogens (tertiary/aromatic N) is 1. The molecule has 142 valence electrons. The van der Waals surface area contributed by atoms with Gasteiger partial charge in [-0.3, -0.25) is 4.79 Å². The van der Waals surface area contributed by atoms with Crippen molar-refractivity contribution in [3.8, 4) is 11.5 Å². The number of hydrogen-bond donors (Lipinski definition) is 0. The van der Waals surface area contributed by atoms with Crippen molar-refractivity contribution in [3.05, 3.63) is 58.1 Å². The Kier molecular flexibility index (Phi) is 4.37. The SMILES string of the molecule is CN(Cc1c2c(cc3c1OCC3)OCC2)C(=O)c1ccc(C(C)(C)C)cc1. The standard InChI is InChI=1S/C23H27NO3/c1-23(2,3)17-7-5-15(6-8-17)22(25)24(4)14-19-18-10-12-26-20(18)13-16-9-11-27-21(16)19/h5-8,13H,9-12,14H2,1-4H3. The van der Waals surface area contributed by atoms with Crippen LogP contribution in [-0.4, -0.2) is 31.1 Å². The highest BCUT2D eigenvalue weighted by Gasteiger charge is 2.28. The van der Waals surface area contributed by atoms with Gasteiger partial charge in [0, 0.05) is 48.7 Å². The molecule has 0 bridgehead atoms. The largest absolute Gasteiger partial charge is 0.493 e. The van der Waals surface area contributed by atoms with Crippen LogP contribution in [0.3, 0.4) is 0 Å². The van der Waals surface area contributed by atoms with Crippen molar-refractivity contribution in [1.82, 2.24) is 4.90 Å². The average Bonchev–Trinajstić information content (AvgIpc) is 3.29. The third kappa shape index (κ3) is 3.29. The third-order valence-electron chi connectivity index (χ3n) is 5.50. The van der Waals surface area contributed by atoms with E-state index in [1.165, 1.54) is 16.7 Å². The molecule has 4 heteroatoms. The van der Waals surface area contributed by atoms with Gasteiger partial charge in [-0.1, -0.05) is 32.9 Å². The average molecular weight is 365 g/mol. The number of carbonyl (C=O) groups is 1. The van der Waals surface area contributed by atoms with Crippen LogP contribution in [0.5, 0.6) is 11.5 Å². The van der Waals surface area contributed by atoms with E-state index in [1.54, 1.807) is 4.90 Å². The number of carbonyl (C=O) groups excluding carboxylic acids is 1. The van der Waals surface area contributed by atoms with E-state index in [2.05, 4.69) is 39.0 Å². The summed E-state index contributed by atoms with van der Waals surface area (Å²) < 4.78 is 11.7. The van der Waals surface area contributed by atoms with Gasteiger partial charge in [0.2, 0.25) is 0 Å². The highest BCUT2D eigenvalue weighted by Crippen LogP contribution is 2.41. The van der Waals surface area contributed by atoms with Crippen molar-refractivity contribution in [2.45, 2.75) is 45.6 Å². The van der Waals surface area contributed by atoms with Crippen molar-refractivity contribution in [2.24, 2.45) is 0 Å². The number of hydrogen-bond acceptors (Lipinski definition) is 3. The molecule has 0 atom stereocenters. The monoisotopic (exact) mass is 365 g/mol. The number of benzene rings is 2. The molecule has 0 saturated carbocycles. The van der Waals surface area contributed by atoms with Crippen LogP contribution >= 0.6 is 0 Å². The quantitative estimate of drug-likeness (QED) is 0.821. The van der Waals surface area contributed by atoms with Crippen LogP contribution in [0, 0.1) is 0 Å². The van der Waals surface area contributed by atoms with Crippen molar-refractivity contribution >= 4 is 5.91 Å². The summed E-state index contributed by atoms with van der Waals surface area (Å²) in [6.07, 6.45) is 1.79. The molecular formula is C23H27NO3. The molecule has 0 unspecified atom stereocenters. The molecule has 0 saturated heterocycles. The molecule has 27 heavy (non-hydrogen) atoms. The van der Waals surface area contributed by atoms with Gasteiger partial charge in [-0.2, -0.15) is 0 Å². The first-order chi connectivity index (χ1) is 12.8. The lowest BCUT2D eigenvalue weighted by Gasteiger charge is -2.22. The Balaban J connectivity index is 1.58. The smallest absolute Gasteiger partial charge is 0.253 e.